The second-order valence-electron chi connectivity index (χ2n) is 8.83. The first kappa shape index (κ1) is 24.9. The molecule has 2 aromatic rings. The molecule has 0 saturated heterocycles. The van der Waals surface area contributed by atoms with Crippen molar-refractivity contribution < 1.29 is 23.8 Å². The molecule has 194 valence electrons. The zero-order chi connectivity index (χ0) is 26.8. The predicted molar refractivity (Wildman–Crippen MR) is 141 cm³/mol. The maximum Gasteiger partial charge on any atom is 0.259 e. The molecule has 1 aromatic heterocycles. The first-order valence-corrected chi connectivity index (χ1v) is 12.1. The minimum Gasteiger partial charge on any atom is -0.493 e. The van der Waals surface area contributed by atoms with Gasteiger partial charge in [-0.1, -0.05) is 6.07 Å². The van der Waals surface area contributed by atoms with Gasteiger partial charge >= 0.3 is 0 Å². The third kappa shape index (κ3) is 4.56. The van der Waals surface area contributed by atoms with E-state index in [0.29, 0.717) is 47.0 Å². The van der Waals surface area contributed by atoms with Gasteiger partial charge in [0.05, 0.1) is 44.3 Å². The number of rotatable bonds is 6. The van der Waals surface area contributed by atoms with Crippen molar-refractivity contribution in [1.29, 1.82) is 0 Å². The molecule has 1 aromatic carbocycles. The van der Waals surface area contributed by atoms with Gasteiger partial charge in [0.25, 0.3) is 5.91 Å². The van der Waals surface area contributed by atoms with Crippen LogP contribution in [0.2, 0.25) is 0 Å². The van der Waals surface area contributed by atoms with E-state index in [4.69, 9.17) is 14.2 Å². The van der Waals surface area contributed by atoms with E-state index in [-0.39, 0.29) is 23.8 Å². The molecule has 2 heterocycles. The van der Waals surface area contributed by atoms with Gasteiger partial charge in [0.15, 0.2) is 11.5 Å². The van der Waals surface area contributed by atoms with Gasteiger partial charge in [0.2, 0.25) is 17.6 Å². The molecule has 2 amide bonds. The first-order chi connectivity index (χ1) is 18.4. The van der Waals surface area contributed by atoms with Gasteiger partial charge < -0.3 is 19.5 Å². The molecular formula is C28H27N5O5. The van der Waals surface area contributed by atoms with Crippen molar-refractivity contribution in [1.82, 2.24) is 20.3 Å². The molecular weight excluding hydrogens is 486 g/mol. The number of pyridine rings is 1. The molecule has 3 aliphatic rings. The molecule has 2 aliphatic carbocycles. The van der Waals surface area contributed by atoms with Crippen LogP contribution in [0.15, 0.2) is 48.8 Å². The van der Waals surface area contributed by atoms with Crippen LogP contribution in [0.25, 0.3) is 22.5 Å². The molecule has 10 nitrogen and oxygen atoms in total. The third-order valence-electron chi connectivity index (χ3n) is 6.51. The van der Waals surface area contributed by atoms with Gasteiger partial charge in [-0.05, 0) is 59.9 Å². The predicted octanol–water partition coefficient (Wildman–Crippen LogP) is 4.04. The summed E-state index contributed by atoms with van der Waals surface area (Å²) in [6.45, 7) is 1.50. The Hall–Kier alpha value is -4.73. The lowest BCUT2D eigenvalue weighted by atomic mass is 9.95. The number of hydrogen-bond donors (Lipinski definition) is 2. The highest BCUT2D eigenvalue weighted by Crippen LogP contribution is 2.50. The van der Waals surface area contributed by atoms with Crippen LogP contribution in [0.1, 0.15) is 40.9 Å². The largest absolute Gasteiger partial charge is 0.493 e. The molecule has 0 bridgehead atoms. The summed E-state index contributed by atoms with van der Waals surface area (Å²) in [5.41, 5.74) is 5.13. The fraction of sp³-hybridized carbons (Fsp3) is 0.250. The lowest BCUT2D eigenvalue weighted by Crippen LogP contribution is -2.26. The smallest absolute Gasteiger partial charge is 0.259 e. The second kappa shape index (κ2) is 10.3. The maximum absolute atomic E-state index is 12.6. The Morgan fingerprint density at radius 3 is 2.45 bits per heavy atom. The number of nitrogens with zero attached hydrogens (tertiary/aromatic N) is 3. The number of ether oxygens (including phenoxy) is 3. The molecule has 1 unspecified atom stereocenters. The number of aromatic nitrogens is 3. The fourth-order valence-electron chi connectivity index (χ4n) is 4.87. The Kier molecular flexibility index (Phi) is 6.78. The molecule has 2 N–H and O–H groups in total. The van der Waals surface area contributed by atoms with Crippen molar-refractivity contribution in [3.63, 3.8) is 0 Å². The highest BCUT2D eigenvalue weighted by atomic mass is 16.5. The van der Waals surface area contributed by atoms with Crippen LogP contribution in [0.5, 0.6) is 17.2 Å². The van der Waals surface area contributed by atoms with Gasteiger partial charge in [-0.3, -0.25) is 19.9 Å². The molecule has 0 spiro atoms. The van der Waals surface area contributed by atoms with E-state index in [2.05, 4.69) is 25.6 Å². The van der Waals surface area contributed by atoms with Crippen LogP contribution in [0.4, 0.5) is 5.95 Å². The molecule has 1 aliphatic heterocycles. The molecule has 0 fully saturated rings. The van der Waals surface area contributed by atoms with Crippen molar-refractivity contribution in [2.45, 2.75) is 25.8 Å². The Bertz CT molecular complexity index is 1490. The summed E-state index contributed by atoms with van der Waals surface area (Å²) >= 11 is 0. The Morgan fingerprint density at radius 1 is 0.974 bits per heavy atom. The van der Waals surface area contributed by atoms with Crippen LogP contribution < -0.4 is 24.8 Å². The molecule has 5 rings (SSSR count). The van der Waals surface area contributed by atoms with E-state index in [1.54, 1.807) is 39.7 Å². The summed E-state index contributed by atoms with van der Waals surface area (Å²) in [6.07, 6.45) is 4.38. The summed E-state index contributed by atoms with van der Waals surface area (Å²) in [7, 11) is 4.75. The number of methoxy groups -OCH3 is 3. The molecule has 38 heavy (non-hydrogen) atoms. The van der Waals surface area contributed by atoms with Crippen molar-refractivity contribution >= 4 is 17.8 Å². The monoisotopic (exact) mass is 513 g/mol. The third-order valence-corrected chi connectivity index (χ3v) is 6.51. The zero-order valence-corrected chi connectivity index (χ0v) is 21.5. The summed E-state index contributed by atoms with van der Waals surface area (Å²) in [5, 5.41) is 5.81. The Labute approximate surface area is 219 Å². The summed E-state index contributed by atoms with van der Waals surface area (Å²) < 4.78 is 17.1. The molecule has 0 radical (unpaired) electrons. The molecule has 0 saturated carbocycles. The zero-order valence-electron chi connectivity index (χ0n) is 21.5. The van der Waals surface area contributed by atoms with Gasteiger partial charge in [-0.25, -0.2) is 9.97 Å². The van der Waals surface area contributed by atoms with Crippen molar-refractivity contribution in [2.75, 3.05) is 26.6 Å². The van der Waals surface area contributed by atoms with Gasteiger partial charge in [-0.2, -0.15) is 0 Å². The standard InChI is InChI=1S/C28H27N5O5/c1-15(34)30-20-9-7-16-12-23(36-2)25(37-3)26(38-4)24(16)18-8-10-21-22(13-19(18)20)32-28(31-21)33-27(35)17-6-5-11-29-14-17/h5-6,8,10-14,20H,7,9H2,1-4H3,(H,30,34)(H,31,32,33,35). The van der Waals surface area contributed by atoms with Crippen LogP contribution in [-0.4, -0.2) is 48.1 Å². The van der Waals surface area contributed by atoms with Crippen molar-refractivity contribution in [2.24, 2.45) is 0 Å². The van der Waals surface area contributed by atoms with E-state index in [0.717, 1.165) is 22.3 Å². The van der Waals surface area contributed by atoms with E-state index < -0.39 is 0 Å². The van der Waals surface area contributed by atoms with Gasteiger partial charge in [0.1, 0.15) is 0 Å². The van der Waals surface area contributed by atoms with Gasteiger partial charge in [-0.15, -0.1) is 0 Å². The number of imidazole rings is 1. The van der Waals surface area contributed by atoms with E-state index in [9.17, 15) is 9.59 Å². The van der Waals surface area contributed by atoms with E-state index in [1.807, 2.05) is 24.3 Å². The fourth-order valence-corrected chi connectivity index (χ4v) is 4.87. The molecule has 1 atom stereocenters. The average Bonchev–Trinajstić information content (AvgIpc) is 3.13. The summed E-state index contributed by atoms with van der Waals surface area (Å²) in [6, 6.07) is 10.7. The van der Waals surface area contributed by atoms with Crippen LogP contribution in [0.3, 0.4) is 0 Å². The highest BCUT2D eigenvalue weighted by Gasteiger charge is 2.30. The lowest BCUT2D eigenvalue weighted by molar-refractivity contribution is -0.119. The Balaban J connectivity index is 1.67. The van der Waals surface area contributed by atoms with Crippen LogP contribution in [-0.2, 0) is 11.2 Å². The maximum atomic E-state index is 12.6. The number of benzene rings is 1. The van der Waals surface area contributed by atoms with E-state index in [1.165, 1.54) is 13.1 Å². The topological polar surface area (TPSA) is 125 Å². The summed E-state index contributed by atoms with van der Waals surface area (Å²) in [4.78, 5) is 37.9. The molecule has 10 heteroatoms. The number of hydrogen-bond acceptors (Lipinski definition) is 8. The quantitative estimate of drug-likeness (QED) is 0.396. The first-order valence-electron chi connectivity index (χ1n) is 12.1. The van der Waals surface area contributed by atoms with Gasteiger partial charge in [0, 0.05) is 24.9 Å². The number of aryl methyl sites for hydroxylation is 1. The van der Waals surface area contributed by atoms with Crippen molar-refractivity contribution in [3.05, 3.63) is 65.5 Å². The second-order valence-corrected chi connectivity index (χ2v) is 8.83. The Morgan fingerprint density at radius 2 is 1.76 bits per heavy atom. The number of carbonyl (C=O) groups excluding carboxylic acids is 2. The number of nitrogens with one attached hydrogen (secondary N) is 2. The minimum absolute atomic E-state index is 0.144. The number of anilines is 1. The number of fused-ring (bicyclic) bond motifs is 4. The lowest BCUT2D eigenvalue weighted by Gasteiger charge is -2.19. The van der Waals surface area contributed by atoms with Crippen LogP contribution in [0, 0.1) is 0 Å². The van der Waals surface area contributed by atoms with Crippen molar-refractivity contribution in [3.8, 4) is 39.8 Å². The van der Waals surface area contributed by atoms with Crippen LogP contribution >= 0.6 is 0 Å². The number of amides is 2. The number of carbonyl (C=O) groups is 2. The minimum atomic E-state index is -0.354. The average molecular weight is 514 g/mol. The normalized spacial score (nSPS) is 14.1. The summed E-state index contributed by atoms with van der Waals surface area (Å²) in [5.74, 6) is 1.28. The SMILES string of the molecule is COc1cc2c(c(OC)c1OC)-c1ccc3nc(NC(=O)c4cccnc4)nc-3cc1C(NC(C)=O)CC2. The highest BCUT2D eigenvalue weighted by molar-refractivity contribution is 6.03. The van der Waals surface area contributed by atoms with E-state index >= 15 is 0 Å².